The van der Waals surface area contributed by atoms with Gasteiger partial charge in [-0.2, -0.15) is 4.31 Å². The maximum Gasteiger partial charge on any atom is 0.252 e. The van der Waals surface area contributed by atoms with Crippen molar-refractivity contribution >= 4 is 27.3 Å². The van der Waals surface area contributed by atoms with Crippen molar-refractivity contribution in [3.05, 3.63) is 47.1 Å². The van der Waals surface area contributed by atoms with Gasteiger partial charge in [0.2, 0.25) is 5.91 Å². The largest absolute Gasteiger partial charge is 0.355 e. The normalized spacial score (nSPS) is 15.7. The predicted octanol–water partition coefficient (Wildman–Crippen LogP) is 2.22. The molecule has 0 aromatic carbocycles. The Hall–Kier alpha value is -1.77. The van der Waals surface area contributed by atoms with E-state index in [1.54, 1.807) is 22.6 Å². The fourth-order valence-electron chi connectivity index (χ4n) is 2.92. The van der Waals surface area contributed by atoms with Gasteiger partial charge in [0.1, 0.15) is 4.21 Å². The molecule has 1 aliphatic rings. The molecule has 1 N–H and O–H groups in total. The Bertz CT molecular complexity index is 828. The van der Waals surface area contributed by atoms with Crippen molar-refractivity contribution in [3.8, 4) is 0 Å². The summed E-state index contributed by atoms with van der Waals surface area (Å²) < 4.78 is 27.2. The smallest absolute Gasteiger partial charge is 0.252 e. The summed E-state index contributed by atoms with van der Waals surface area (Å²) >= 11 is 1.19. The first kappa shape index (κ1) is 19.0. The minimum absolute atomic E-state index is 0.107. The number of piperidine rings is 1. The van der Waals surface area contributed by atoms with E-state index >= 15 is 0 Å². The molecule has 0 radical (unpaired) electrons. The van der Waals surface area contributed by atoms with Crippen LogP contribution in [0.25, 0.3) is 0 Å². The molecule has 2 aromatic rings. The maximum atomic E-state index is 12.6. The van der Waals surface area contributed by atoms with Crippen molar-refractivity contribution in [2.75, 3.05) is 19.6 Å². The molecule has 2 aromatic heterocycles. The lowest BCUT2D eigenvalue weighted by atomic mass is 10.2. The average molecular weight is 394 g/mol. The summed E-state index contributed by atoms with van der Waals surface area (Å²) in [7, 11) is -3.42. The van der Waals surface area contributed by atoms with E-state index in [0.717, 1.165) is 29.8 Å². The number of nitrogens with zero attached hydrogens (tertiary/aromatic N) is 2. The summed E-state index contributed by atoms with van der Waals surface area (Å²) in [6.45, 7) is 1.69. The van der Waals surface area contributed by atoms with Crippen LogP contribution in [0.3, 0.4) is 0 Å². The molecule has 1 aliphatic heterocycles. The molecule has 140 valence electrons. The number of hydrogen-bond donors (Lipinski definition) is 1. The molecule has 8 heteroatoms. The van der Waals surface area contributed by atoms with Crippen molar-refractivity contribution in [1.29, 1.82) is 0 Å². The van der Waals surface area contributed by atoms with Gasteiger partial charge in [-0.05, 0) is 37.1 Å². The molecule has 0 bridgehead atoms. The predicted molar refractivity (Wildman–Crippen MR) is 102 cm³/mol. The van der Waals surface area contributed by atoms with Crippen LogP contribution in [0.15, 0.2) is 40.7 Å². The van der Waals surface area contributed by atoms with Crippen molar-refractivity contribution < 1.29 is 13.2 Å². The number of thiophene rings is 1. The van der Waals surface area contributed by atoms with E-state index in [4.69, 9.17) is 0 Å². The fraction of sp³-hybridized carbons (Fsp3) is 0.444. The van der Waals surface area contributed by atoms with Crippen LogP contribution in [0.4, 0.5) is 0 Å². The fourth-order valence-corrected chi connectivity index (χ4v) is 5.95. The molecule has 1 fully saturated rings. The van der Waals surface area contributed by atoms with E-state index in [1.807, 2.05) is 18.2 Å². The van der Waals surface area contributed by atoms with Crippen LogP contribution in [0.5, 0.6) is 0 Å². The number of rotatable bonds is 7. The summed E-state index contributed by atoms with van der Waals surface area (Å²) in [5, 5.41) is 2.86. The lowest BCUT2D eigenvalue weighted by Crippen LogP contribution is -2.35. The molecule has 3 rings (SSSR count). The SMILES string of the molecule is O=C(Cc1ccc(S(=O)(=O)N2CCCCC2)s1)NCCc1ccccn1. The molecule has 0 atom stereocenters. The second kappa shape index (κ2) is 8.75. The summed E-state index contributed by atoms with van der Waals surface area (Å²) in [5.74, 6) is -0.107. The van der Waals surface area contributed by atoms with E-state index in [1.165, 1.54) is 11.3 Å². The molecule has 0 saturated carbocycles. The first-order chi connectivity index (χ1) is 12.6. The Morgan fingerprint density at radius 1 is 1.15 bits per heavy atom. The Labute approximate surface area is 158 Å². The van der Waals surface area contributed by atoms with E-state index in [2.05, 4.69) is 10.3 Å². The molecule has 1 amide bonds. The van der Waals surface area contributed by atoms with E-state index in [9.17, 15) is 13.2 Å². The first-order valence-corrected chi connectivity index (χ1v) is 11.1. The Morgan fingerprint density at radius 3 is 2.69 bits per heavy atom. The zero-order chi connectivity index (χ0) is 18.4. The number of amides is 1. The zero-order valence-corrected chi connectivity index (χ0v) is 16.2. The van der Waals surface area contributed by atoms with E-state index < -0.39 is 10.0 Å². The van der Waals surface area contributed by atoms with Gasteiger partial charge in [-0.25, -0.2) is 8.42 Å². The van der Waals surface area contributed by atoms with Crippen LogP contribution in [-0.2, 0) is 27.7 Å². The van der Waals surface area contributed by atoms with Crippen molar-refractivity contribution in [2.24, 2.45) is 0 Å². The van der Waals surface area contributed by atoms with Crippen LogP contribution in [0.1, 0.15) is 29.8 Å². The van der Waals surface area contributed by atoms with Gasteiger partial charge in [-0.15, -0.1) is 11.3 Å². The van der Waals surface area contributed by atoms with Gasteiger partial charge in [0.15, 0.2) is 0 Å². The standard InChI is InChI=1S/C18H23N3O3S2/c22-17(20-11-9-15-6-2-3-10-19-15)14-16-7-8-18(25-16)26(23,24)21-12-4-1-5-13-21/h2-3,6-8,10H,1,4-5,9,11-14H2,(H,20,22). The number of carbonyl (C=O) groups excluding carboxylic acids is 1. The number of pyridine rings is 1. The van der Waals surface area contributed by atoms with Gasteiger partial charge >= 0.3 is 0 Å². The van der Waals surface area contributed by atoms with Crippen molar-refractivity contribution in [1.82, 2.24) is 14.6 Å². The van der Waals surface area contributed by atoms with E-state index in [0.29, 0.717) is 30.3 Å². The third-order valence-corrected chi connectivity index (χ3v) is 7.76. The minimum atomic E-state index is -3.42. The number of aromatic nitrogens is 1. The molecule has 0 spiro atoms. The van der Waals surface area contributed by atoms with E-state index in [-0.39, 0.29) is 12.3 Å². The third-order valence-electron chi connectivity index (χ3n) is 4.31. The number of carbonyl (C=O) groups is 1. The highest BCUT2D eigenvalue weighted by atomic mass is 32.2. The highest BCUT2D eigenvalue weighted by Gasteiger charge is 2.27. The molecule has 26 heavy (non-hydrogen) atoms. The average Bonchev–Trinajstić information content (AvgIpc) is 3.12. The third kappa shape index (κ3) is 4.90. The van der Waals surface area contributed by atoms with Crippen LogP contribution in [0.2, 0.25) is 0 Å². The quantitative estimate of drug-likeness (QED) is 0.782. The van der Waals surface area contributed by atoms with Crippen molar-refractivity contribution in [2.45, 2.75) is 36.3 Å². The zero-order valence-electron chi connectivity index (χ0n) is 14.6. The second-order valence-corrected chi connectivity index (χ2v) is 9.62. The molecule has 6 nitrogen and oxygen atoms in total. The molecule has 0 aliphatic carbocycles. The molecule has 1 saturated heterocycles. The molecule has 0 unspecified atom stereocenters. The Morgan fingerprint density at radius 2 is 1.96 bits per heavy atom. The molecular weight excluding hydrogens is 370 g/mol. The number of hydrogen-bond acceptors (Lipinski definition) is 5. The second-order valence-electron chi connectivity index (χ2n) is 6.28. The van der Waals surface area contributed by atoms with Crippen LogP contribution in [0, 0.1) is 0 Å². The van der Waals surface area contributed by atoms with Gasteiger partial charge in [0.05, 0.1) is 6.42 Å². The lowest BCUT2D eigenvalue weighted by molar-refractivity contribution is -0.120. The maximum absolute atomic E-state index is 12.6. The van der Waals surface area contributed by atoms with Gasteiger partial charge in [-0.3, -0.25) is 9.78 Å². The Balaban J connectivity index is 1.52. The van der Waals surface area contributed by atoms with Gasteiger partial charge in [0, 0.05) is 42.8 Å². The van der Waals surface area contributed by atoms with Gasteiger partial charge in [-0.1, -0.05) is 12.5 Å². The highest BCUT2D eigenvalue weighted by Crippen LogP contribution is 2.27. The van der Waals surface area contributed by atoms with Crippen LogP contribution in [-0.4, -0.2) is 43.2 Å². The summed E-state index contributed by atoms with van der Waals surface area (Å²) in [5.41, 5.74) is 0.929. The molecular formula is C18H23N3O3S2. The minimum Gasteiger partial charge on any atom is -0.355 e. The summed E-state index contributed by atoms with van der Waals surface area (Å²) in [6.07, 6.45) is 5.51. The number of sulfonamides is 1. The van der Waals surface area contributed by atoms with Crippen molar-refractivity contribution in [3.63, 3.8) is 0 Å². The Kier molecular flexibility index (Phi) is 6.39. The monoisotopic (exact) mass is 393 g/mol. The number of nitrogens with one attached hydrogen (secondary N) is 1. The topological polar surface area (TPSA) is 79.4 Å². The lowest BCUT2D eigenvalue weighted by Gasteiger charge is -2.25. The summed E-state index contributed by atoms with van der Waals surface area (Å²) in [4.78, 5) is 17.1. The highest BCUT2D eigenvalue weighted by molar-refractivity contribution is 7.91. The molecule has 3 heterocycles. The first-order valence-electron chi connectivity index (χ1n) is 8.81. The van der Waals surface area contributed by atoms with Crippen LogP contribution < -0.4 is 5.32 Å². The van der Waals surface area contributed by atoms with Gasteiger partial charge < -0.3 is 5.32 Å². The van der Waals surface area contributed by atoms with Gasteiger partial charge in [0.25, 0.3) is 10.0 Å². The van der Waals surface area contributed by atoms with Crippen LogP contribution >= 0.6 is 11.3 Å². The summed E-state index contributed by atoms with van der Waals surface area (Å²) in [6, 6.07) is 9.04.